The van der Waals surface area contributed by atoms with Crippen molar-refractivity contribution in [3.05, 3.63) is 53.5 Å². The molecule has 3 aromatic rings. The molecule has 1 fully saturated rings. The number of amides is 1. The Balaban J connectivity index is 1.38. The summed E-state index contributed by atoms with van der Waals surface area (Å²) >= 11 is 1.21. The predicted molar refractivity (Wildman–Crippen MR) is 119 cm³/mol. The van der Waals surface area contributed by atoms with Crippen LogP contribution in [0.15, 0.2) is 47.8 Å². The van der Waals surface area contributed by atoms with Crippen molar-refractivity contribution in [2.75, 3.05) is 29.9 Å². The number of rotatable bonds is 6. The summed E-state index contributed by atoms with van der Waals surface area (Å²) in [6, 6.07) is 13.8. The lowest BCUT2D eigenvalue weighted by Crippen LogP contribution is -2.41. The average Bonchev–Trinajstić information content (AvgIpc) is 3.29. The van der Waals surface area contributed by atoms with Crippen molar-refractivity contribution in [3.63, 3.8) is 0 Å². The molecule has 0 spiro atoms. The molecule has 3 heterocycles. The van der Waals surface area contributed by atoms with Crippen LogP contribution in [0.3, 0.4) is 0 Å². The maximum Gasteiger partial charge on any atom is 0.357 e. The monoisotopic (exact) mass is 437 g/mol. The third-order valence-electron chi connectivity index (χ3n) is 5.06. The summed E-state index contributed by atoms with van der Waals surface area (Å²) in [6.07, 6.45) is 1.67. The molecule has 1 atom stereocenters. The second-order valence-electron chi connectivity index (χ2n) is 7.18. The number of esters is 1. The van der Waals surface area contributed by atoms with Gasteiger partial charge in [0.25, 0.3) is 0 Å². The number of piperidine rings is 1. The van der Waals surface area contributed by atoms with E-state index in [4.69, 9.17) is 4.74 Å². The molecule has 1 aliphatic heterocycles. The first-order chi connectivity index (χ1) is 15.1. The van der Waals surface area contributed by atoms with E-state index in [1.807, 2.05) is 42.5 Å². The zero-order valence-corrected chi connectivity index (χ0v) is 18.0. The highest BCUT2D eigenvalue weighted by Crippen LogP contribution is 2.25. The third kappa shape index (κ3) is 5.05. The van der Waals surface area contributed by atoms with Gasteiger partial charge in [-0.2, -0.15) is 0 Å². The number of hydrogen-bond acceptors (Lipinski definition) is 8. The first-order valence-corrected chi connectivity index (χ1v) is 11.1. The second kappa shape index (κ2) is 9.65. The summed E-state index contributed by atoms with van der Waals surface area (Å²) in [7, 11) is 0. The van der Waals surface area contributed by atoms with Gasteiger partial charge >= 0.3 is 5.97 Å². The molecule has 1 saturated heterocycles. The van der Waals surface area contributed by atoms with Gasteiger partial charge in [-0.05, 0) is 31.9 Å². The lowest BCUT2D eigenvalue weighted by molar-refractivity contribution is -0.120. The van der Waals surface area contributed by atoms with Gasteiger partial charge < -0.3 is 15.0 Å². The van der Waals surface area contributed by atoms with Crippen LogP contribution < -0.4 is 10.2 Å². The van der Waals surface area contributed by atoms with E-state index in [1.54, 1.807) is 12.3 Å². The number of ether oxygens (including phenoxy) is 1. The van der Waals surface area contributed by atoms with E-state index in [9.17, 15) is 9.59 Å². The standard InChI is InChI=1S/C22H23N5O3S/c1-2-30-21(29)18-14-31-22(23-18)24-20(28)16-9-6-12-27(13-16)19-11-10-17(25-26-19)15-7-4-3-5-8-15/h3-5,7-8,10-11,14,16H,2,6,9,12-13H2,1H3,(H,23,24,28)/t16-/m0/s1. The van der Waals surface area contributed by atoms with Gasteiger partial charge in [-0.15, -0.1) is 21.5 Å². The molecule has 2 aromatic heterocycles. The van der Waals surface area contributed by atoms with Crippen LogP contribution in [-0.2, 0) is 9.53 Å². The summed E-state index contributed by atoms with van der Waals surface area (Å²) in [5.74, 6) is -0.0285. The normalized spacial score (nSPS) is 16.0. The first kappa shape index (κ1) is 20.9. The van der Waals surface area contributed by atoms with Gasteiger partial charge in [0, 0.05) is 24.0 Å². The molecule has 0 radical (unpaired) electrons. The van der Waals surface area contributed by atoms with Crippen molar-refractivity contribution in [2.45, 2.75) is 19.8 Å². The molecule has 1 aliphatic rings. The van der Waals surface area contributed by atoms with Crippen molar-refractivity contribution >= 4 is 34.2 Å². The van der Waals surface area contributed by atoms with E-state index in [1.165, 1.54) is 11.3 Å². The Morgan fingerprint density at radius 3 is 2.77 bits per heavy atom. The van der Waals surface area contributed by atoms with E-state index in [2.05, 4.69) is 25.4 Å². The maximum absolute atomic E-state index is 12.8. The molecular formula is C22H23N5O3S. The minimum Gasteiger partial charge on any atom is -0.461 e. The molecule has 160 valence electrons. The number of nitrogens with zero attached hydrogens (tertiary/aromatic N) is 4. The topological polar surface area (TPSA) is 97.3 Å². The average molecular weight is 438 g/mol. The highest BCUT2D eigenvalue weighted by atomic mass is 32.1. The molecule has 1 amide bonds. The molecule has 1 N–H and O–H groups in total. The molecule has 4 rings (SSSR count). The SMILES string of the molecule is CCOC(=O)c1csc(NC(=O)[C@H]2CCCN(c3ccc(-c4ccccc4)nn3)C2)n1. The van der Waals surface area contributed by atoms with E-state index in [-0.39, 0.29) is 24.1 Å². The van der Waals surface area contributed by atoms with Crippen molar-refractivity contribution in [3.8, 4) is 11.3 Å². The van der Waals surface area contributed by atoms with Crippen LogP contribution in [0.2, 0.25) is 0 Å². The second-order valence-corrected chi connectivity index (χ2v) is 8.03. The van der Waals surface area contributed by atoms with Gasteiger partial charge in [-0.1, -0.05) is 30.3 Å². The maximum atomic E-state index is 12.8. The first-order valence-electron chi connectivity index (χ1n) is 10.2. The Labute approximate surface area is 184 Å². The van der Waals surface area contributed by atoms with Gasteiger partial charge in [0.2, 0.25) is 5.91 Å². The fourth-order valence-corrected chi connectivity index (χ4v) is 4.18. The Morgan fingerprint density at radius 1 is 1.19 bits per heavy atom. The van der Waals surface area contributed by atoms with Gasteiger partial charge in [-0.3, -0.25) is 4.79 Å². The summed E-state index contributed by atoms with van der Waals surface area (Å²) in [5, 5.41) is 13.5. The highest BCUT2D eigenvalue weighted by Gasteiger charge is 2.27. The Bertz CT molecular complexity index is 1040. The predicted octanol–water partition coefficient (Wildman–Crippen LogP) is 3.63. The number of hydrogen-bond donors (Lipinski definition) is 1. The molecule has 0 unspecified atom stereocenters. The Kier molecular flexibility index (Phi) is 6.51. The lowest BCUT2D eigenvalue weighted by atomic mass is 9.97. The van der Waals surface area contributed by atoms with E-state index >= 15 is 0 Å². The van der Waals surface area contributed by atoms with Crippen molar-refractivity contribution in [2.24, 2.45) is 5.92 Å². The highest BCUT2D eigenvalue weighted by molar-refractivity contribution is 7.14. The van der Waals surface area contributed by atoms with Crippen molar-refractivity contribution in [1.29, 1.82) is 0 Å². The van der Waals surface area contributed by atoms with Crippen LogP contribution in [0.4, 0.5) is 10.9 Å². The fourth-order valence-electron chi connectivity index (χ4n) is 3.49. The van der Waals surface area contributed by atoms with Gasteiger partial charge in [0.15, 0.2) is 16.6 Å². The summed E-state index contributed by atoms with van der Waals surface area (Å²) < 4.78 is 4.94. The van der Waals surface area contributed by atoms with Crippen LogP contribution >= 0.6 is 11.3 Å². The van der Waals surface area contributed by atoms with Gasteiger partial charge in [-0.25, -0.2) is 9.78 Å². The minimum absolute atomic E-state index is 0.108. The summed E-state index contributed by atoms with van der Waals surface area (Å²) in [6.45, 7) is 3.40. The zero-order chi connectivity index (χ0) is 21.6. The van der Waals surface area contributed by atoms with E-state index in [0.717, 1.165) is 36.5 Å². The Hall–Kier alpha value is -3.33. The van der Waals surface area contributed by atoms with Crippen LogP contribution in [0, 0.1) is 5.92 Å². The lowest BCUT2D eigenvalue weighted by Gasteiger charge is -2.32. The van der Waals surface area contributed by atoms with Crippen molar-refractivity contribution in [1.82, 2.24) is 15.2 Å². The summed E-state index contributed by atoms with van der Waals surface area (Å²) in [5.41, 5.74) is 2.04. The van der Waals surface area contributed by atoms with Crippen LogP contribution in [0.25, 0.3) is 11.3 Å². The van der Waals surface area contributed by atoms with Crippen LogP contribution in [0.5, 0.6) is 0 Å². The van der Waals surface area contributed by atoms with Crippen LogP contribution in [-0.4, -0.2) is 46.8 Å². The number of carbonyl (C=O) groups is 2. The fraction of sp³-hybridized carbons (Fsp3) is 0.318. The molecule has 8 nitrogen and oxygen atoms in total. The van der Waals surface area contributed by atoms with E-state index in [0.29, 0.717) is 11.7 Å². The number of carbonyl (C=O) groups excluding carboxylic acids is 2. The number of thiazole rings is 1. The van der Waals surface area contributed by atoms with Gasteiger partial charge in [0.05, 0.1) is 18.2 Å². The molecule has 1 aromatic carbocycles. The molecule has 0 saturated carbocycles. The molecule has 0 aliphatic carbocycles. The Morgan fingerprint density at radius 2 is 2.03 bits per heavy atom. The number of aromatic nitrogens is 3. The molecular weight excluding hydrogens is 414 g/mol. The minimum atomic E-state index is -0.486. The number of anilines is 2. The zero-order valence-electron chi connectivity index (χ0n) is 17.2. The van der Waals surface area contributed by atoms with Gasteiger partial charge in [0.1, 0.15) is 0 Å². The van der Waals surface area contributed by atoms with Crippen LogP contribution in [0.1, 0.15) is 30.3 Å². The number of benzene rings is 1. The smallest absolute Gasteiger partial charge is 0.357 e. The van der Waals surface area contributed by atoms with Crippen molar-refractivity contribution < 1.29 is 14.3 Å². The van der Waals surface area contributed by atoms with E-state index < -0.39 is 5.97 Å². The molecule has 0 bridgehead atoms. The quantitative estimate of drug-likeness (QED) is 0.588. The largest absolute Gasteiger partial charge is 0.461 e. The number of nitrogens with one attached hydrogen (secondary N) is 1. The third-order valence-corrected chi connectivity index (χ3v) is 5.81. The summed E-state index contributed by atoms with van der Waals surface area (Å²) in [4.78, 5) is 30.8. The molecule has 9 heteroatoms. The molecule has 31 heavy (non-hydrogen) atoms.